The Kier molecular flexibility index (Phi) is 4.60. The van der Waals surface area contributed by atoms with Gasteiger partial charge in [0.25, 0.3) is 0 Å². The number of tetrazole rings is 1. The van der Waals surface area contributed by atoms with Crippen molar-refractivity contribution in [1.82, 2.24) is 25.5 Å². The van der Waals surface area contributed by atoms with Gasteiger partial charge >= 0.3 is 0 Å². The van der Waals surface area contributed by atoms with Crippen molar-refractivity contribution >= 4 is 15.9 Å². The first kappa shape index (κ1) is 14.1. The van der Waals surface area contributed by atoms with Gasteiger partial charge in [0.1, 0.15) is 5.82 Å². The normalized spacial score (nSPS) is 12.6. The van der Waals surface area contributed by atoms with Gasteiger partial charge in [0.2, 0.25) is 0 Å². The molecule has 0 aliphatic heterocycles. The molecule has 0 bridgehead atoms. The maximum Gasteiger partial charge on any atom is 0.176 e. The molecule has 0 aliphatic carbocycles. The van der Waals surface area contributed by atoms with Crippen LogP contribution in [0.4, 0.5) is 4.39 Å². The predicted molar refractivity (Wildman–Crippen MR) is 73.0 cm³/mol. The van der Waals surface area contributed by atoms with Crippen LogP contribution >= 0.6 is 15.9 Å². The van der Waals surface area contributed by atoms with E-state index in [2.05, 4.69) is 36.7 Å². The van der Waals surface area contributed by atoms with E-state index in [0.29, 0.717) is 16.7 Å². The average Bonchev–Trinajstić information content (AvgIpc) is 2.78. The summed E-state index contributed by atoms with van der Waals surface area (Å²) >= 11 is 3.29. The number of rotatable bonds is 5. The molecule has 7 heteroatoms. The summed E-state index contributed by atoms with van der Waals surface area (Å²) < 4.78 is 14.1. The van der Waals surface area contributed by atoms with Gasteiger partial charge in [0, 0.05) is 12.5 Å². The van der Waals surface area contributed by atoms with Crippen LogP contribution in [0.15, 0.2) is 22.7 Å². The Morgan fingerprint density at radius 2 is 2.26 bits per heavy atom. The Hall–Kier alpha value is -1.34. The molecule has 0 saturated heterocycles. The summed E-state index contributed by atoms with van der Waals surface area (Å²) in [5, 5.41) is 15.2. The zero-order valence-corrected chi connectivity index (χ0v) is 12.4. The van der Waals surface area contributed by atoms with E-state index in [1.807, 2.05) is 13.0 Å². The lowest BCUT2D eigenvalue weighted by atomic mass is 10.0. The van der Waals surface area contributed by atoms with Crippen LogP contribution in [-0.2, 0) is 13.5 Å². The predicted octanol–water partition coefficient (Wildman–Crippen LogP) is 2.00. The monoisotopic (exact) mass is 327 g/mol. The third-order valence-corrected chi connectivity index (χ3v) is 3.58. The van der Waals surface area contributed by atoms with Crippen LogP contribution in [0, 0.1) is 5.82 Å². The highest BCUT2D eigenvalue weighted by Crippen LogP contribution is 2.27. The Labute approximate surface area is 119 Å². The van der Waals surface area contributed by atoms with Crippen LogP contribution < -0.4 is 5.32 Å². The summed E-state index contributed by atoms with van der Waals surface area (Å²) in [5.41, 5.74) is 0.856. The molecule has 5 nitrogen and oxygen atoms in total. The third kappa shape index (κ3) is 3.36. The van der Waals surface area contributed by atoms with E-state index in [1.54, 1.807) is 13.1 Å². The summed E-state index contributed by atoms with van der Waals surface area (Å²) in [4.78, 5) is 1.42. The van der Waals surface area contributed by atoms with E-state index in [4.69, 9.17) is 0 Å². The van der Waals surface area contributed by atoms with Crippen molar-refractivity contribution in [2.75, 3.05) is 6.54 Å². The van der Waals surface area contributed by atoms with E-state index < -0.39 is 0 Å². The van der Waals surface area contributed by atoms with Gasteiger partial charge in [-0.05, 0) is 39.3 Å². The van der Waals surface area contributed by atoms with E-state index in [-0.39, 0.29) is 11.9 Å². The minimum absolute atomic E-state index is 0.0562. The lowest BCUT2D eigenvalue weighted by Gasteiger charge is -2.18. The van der Waals surface area contributed by atoms with Crippen molar-refractivity contribution in [2.45, 2.75) is 19.4 Å². The number of likely N-dealkylation sites (N-methyl/N-ethyl adjacent to an activating group) is 1. The SMILES string of the molecule is CCNC(Cc1nnn(C)n1)c1cccc(F)c1Br. The minimum atomic E-state index is -0.271. The minimum Gasteiger partial charge on any atom is -0.310 e. The fourth-order valence-electron chi connectivity index (χ4n) is 1.92. The van der Waals surface area contributed by atoms with Crippen molar-refractivity contribution in [3.05, 3.63) is 39.9 Å². The molecule has 0 fully saturated rings. The maximum atomic E-state index is 13.6. The summed E-state index contributed by atoms with van der Waals surface area (Å²) in [6, 6.07) is 4.96. The largest absolute Gasteiger partial charge is 0.310 e. The Balaban J connectivity index is 2.26. The number of benzene rings is 1. The van der Waals surface area contributed by atoms with Crippen molar-refractivity contribution < 1.29 is 4.39 Å². The number of nitrogens with zero attached hydrogens (tertiary/aromatic N) is 4. The molecule has 1 aromatic heterocycles. The standard InChI is InChI=1S/C12H15BrFN5/c1-3-15-10(7-11-16-18-19(2)17-11)8-5-4-6-9(14)12(8)13/h4-6,10,15H,3,7H2,1-2H3. The van der Waals surface area contributed by atoms with Gasteiger partial charge in [-0.3, -0.25) is 0 Å². The van der Waals surface area contributed by atoms with Crippen LogP contribution in [0.5, 0.6) is 0 Å². The summed E-state index contributed by atoms with van der Waals surface area (Å²) in [7, 11) is 1.72. The number of nitrogens with one attached hydrogen (secondary N) is 1. The van der Waals surface area contributed by atoms with Gasteiger partial charge in [0.05, 0.1) is 11.5 Å². The fraction of sp³-hybridized carbons (Fsp3) is 0.417. The number of hydrogen-bond acceptors (Lipinski definition) is 4. The quantitative estimate of drug-likeness (QED) is 0.912. The second-order valence-electron chi connectivity index (χ2n) is 4.15. The molecule has 102 valence electrons. The Morgan fingerprint density at radius 1 is 1.47 bits per heavy atom. The molecule has 1 aromatic carbocycles. The van der Waals surface area contributed by atoms with Crippen LogP contribution in [0.3, 0.4) is 0 Å². The van der Waals surface area contributed by atoms with E-state index in [0.717, 1.165) is 12.1 Å². The van der Waals surface area contributed by atoms with Gasteiger partial charge < -0.3 is 5.32 Å². The lowest BCUT2D eigenvalue weighted by molar-refractivity contribution is 0.525. The van der Waals surface area contributed by atoms with E-state index in [9.17, 15) is 4.39 Å². The van der Waals surface area contributed by atoms with Crippen molar-refractivity contribution in [3.8, 4) is 0 Å². The average molecular weight is 328 g/mol. The van der Waals surface area contributed by atoms with Gasteiger partial charge in [0.15, 0.2) is 5.82 Å². The van der Waals surface area contributed by atoms with E-state index in [1.165, 1.54) is 10.9 Å². The molecular formula is C12H15BrFN5. The highest BCUT2D eigenvalue weighted by molar-refractivity contribution is 9.10. The Morgan fingerprint density at radius 3 is 2.89 bits per heavy atom. The first-order chi connectivity index (χ1) is 9.11. The van der Waals surface area contributed by atoms with Gasteiger partial charge in [-0.2, -0.15) is 4.80 Å². The first-order valence-corrected chi connectivity index (χ1v) is 6.81. The number of aromatic nitrogens is 4. The molecule has 1 atom stereocenters. The topological polar surface area (TPSA) is 55.6 Å². The van der Waals surface area contributed by atoms with Gasteiger partial charge in [-0.1, -0.05) is 19.1 Å². The second-order valence-corrected chi connectivity index (χ2v) is 4.95. The molecule has 2 aromatic rings. The number of aryl methyl sites for hydroxylation is 1. The first-order valence-electron chi connectivity index (χ1n) is 6.02. The molecular weight excluding hydrogens is 313 g/mol. The molecule has 0 radical (unpaired) electrons. The van der Waals surface area contributed by atoms with Gasteiger partial charge in [-0.25, -0.2) is 4.39 Å². The van der Waals surface area contributed by atoms with Crippen LogP contribution in [-0.4, -0.2) is 26.8 Å². The zero-order chi connectivity index (χ0) is 13.8. The van der Waals surface area contributed by atoms with Crippen LogP contribution in [0.25, 0.3) is 0 Å². The van der Waals surface area contributed by atoms with Crippen molar-refractivity contribution in [3.63, 3.8) is 0 Å². The molecule has 2 rings (SSSR count). The summed E-state index contributed by atoms with van der Waals surface area (Å²) in [6.45, 7) is 2.78. The van der Waals surface area contributed by atoms with Crippen molar-refractivity contribution in [2.24, 2.45) is 7.05 Å². The summed E-state index contributed by atoms with van der Waals surface area (Å²) in [6.07, 6.45) is 0.559. The van der Waals surface area contributed by atoms with Crippen LogP contribution in [0.1, 0.15) is 24.4 Å². The van der Waals surface area contributed by atoms with Crippen molar-refractivity contribution in [1.29, 1.82) is 0 Å². The Bertz CT molecular complexity index is 557. The summed E-state index contributed by atoms with van der Waals surface area (Å²) in [5.74, 6) is 0.358. The van der Waals surface area contributed by atoms with Gasteiger partial charge in [-0.15, -0.1) is 10.2 Å². The molecule has 19 heavy (non-hydrogen) atoms. The molecule has 1 heterocycles. The molecule has 0 amide bonds. The molecule has 1 unspecified atom stereocenters. The molecule has 0 aliphatic rings. The smallest absolute Gasteiger partial charge is 0.176 e. The molecule has 1 N–H and O–H groups in total. The number of hydrogen-bond donors (Lipinski definition) is 1. The highest BCUT2D eigenvalue weighted by atomic mass is 79.9. The fourth-order valence-corrected chi connectivity index (χ4v) is 2.46. The zero-order valence-electron chi connectivity index (χ0n) is 10.8. The lowest BCUT2D eigenvalue weighted by Crippen LogP contribution is -2.24. The third-order valence-electron chi connectivity index (χ3n) is 2.74. The maximum absolute atomic E-state index is 13.6. The molecule has 0 spiro atoms. The van der Waals surface area contributed by atoms with E-state index >= 15 is 0 Å². The number of halogens is 2. The van der Waals surface area contributed by atoms with Crippen LogP contribution in [0.2, 0.25) is 0 Å². The second kappa shape index (κ2) is 6.21. The highest BCUT2D eigenvalue weighted by Gasteiger charge is 2.18. The molecule has 0 saturated carbocycles.